The van der Waals surface area contributed by atoms with Gasteiger partial charge in [-0.2, -0.15) is 0 Å². The topological polar surface area (TPSA) is 67.1 Å². The van der Waals surface area contributed by atoms with E-state index in [9.17, 15) is 0 Å². The highest BCUT2D eigenvalue weighted by molar-refractivity contribution is 5.44. The van der Waals surface area contributed by atoms with E-state index in [1.165, 1.54) is 0 Å². The average Bonchev–Trinajstić information content (AvgIpc) is 2.33. The summed E-state index contributed by atoms with van der Waals surface area (Å²) in [5.74, 6) is 2.15. The number of rotatable bonds is 7. The fourth-order valence-electron chi connectivity index (χ4n) is 1.57. The molecule has 5 heteroatoms. The van der Waals surface area contributed by atoms with Crippen LogP contribution in [-0.4, -0.2) is 41.0 Å². The minimum absolute atomic E-state index is 0.531. The number of hydrogen-bond acceptors (Lipinski definition) is 5. The third kappa shape index (κ3) is 4.87. The van der Waals surface area contributed by atoms with Crippen molar-refractivity contribution in [1.82, 2.24) is 14.9 Å². The molecule has 0 radical (unpaired) electrons. The van der Waals surface area contributed by atoms with E-state index >= 15 is 0 Å². The summed E-state index contributed by atoms with van der Waals surface area (Å²) in [7, 11) is 2.14. The molecule has 3 N–H and O–H groups in total. The van der Waals surface area contributed by atoms with Gasteiger partial charge in [-0.25, -0.2) is 9.97 Å². The van der Waals surface area contributed by atoms with Gasteiger partial charge >= 0.3 is 0 Å². The molecule has 0 aliphatic heterocycles. The predicted octanol–water partition coefficient (Wildman–Crippen LogP) is 1.76. The third-order valence-electron chi connectivity index (χ3n) is 2.98. The molecule has 0 aliphatic rings. The second-order valence-electron chi connectivity index (χ2n) is 4.80. The highest BCUT2D eigenvalue weighted by atomic mass is 15.1. The number of aromatic nitrogens is 2. The van der Waals surface area contributed by atoms with E-state index < -0.39 is 0 Å². The van der Waals surface area contributed by atoms with Gasteiger partial charge in [0.2, 0.25) is 0 Å². The Labute approximate surface area is 110 Å². The van der Waals surface area contributed by atoms with Crippen LogP contribution in [0.25, 0.3) is 0 Å². The first-order valence-electron chi connectivity index (χ1n) is 6.60. The van der Waals surface area contributed by atoms with E-state index in [1.807, 2.05) is 6.92 Å². The quantitative estimate of drug-likeness (QED) is 0.723. The van der Waals surface area contributed by atoms with Gasteiger partial charge in [-0.15, -0.1) is 0 Å². The first kappa shape index (κ1) is 14.7. The predicted molar refractivity (Wildman–Crippen MR) is 76.7 cm³/mol. The highest BCUT2D eigenvalue weighted by Gasteiger charge is 2.03. The monoisotopic (exact) mass is 251 g/mol. The molecule has 102 valence electrons. The fraction of sp³-hybridized carbons (Fsp3) is 0.692. The number of hydrogen-bond donors (Lipinski definition) is 2. The van der Waals surface area contributed by atoms with Gasteiger partial charge in [0.1, 0.15) is 17.5 Å². The van der Waals surface area contributed by atoms with Crippen LogP contribution in [-0.2, 0) is 6.42 Å². The molecule has 1 heterocycles. The average molecular weight is 251 g/mol. The Bertz CT molecular complexity index is 364. The molecular weight excluding hydrogens is 226 g/mol. The van der Waals surface area contributed by atoms with Crippen molar-refractivity contribution in [2.24, 2.45) is 0 Å². The summed E-state index contributed by atoms with van der Waals surface area (Å²) >= 11 is 0. The normalized spacial score (nSPS) is 11.2. The Morgan fingerprint density at radius 2 is 2.11 bits per heavy atom. The maximum Gasteiger partial charge on any atom is 0.132 e. The molecule has 0 aromatic carbocycles. The molecular formula is C13H25N5. The van der Waals surface area contributed by atoms with Crippen LogP contribution in [0.3, 0.4) is 0 Å². The van der Waals surface area contributed by atoms with Crippen LogP contribution in [0.4, 0.5) is 11.6 Å². The SMILES string of the molecule is CCc1nc(N)cc(NCCCN(C)C(C)C)n1. The molecule has 0 aliphatic carbocycles. The summed E-state index contributed by atoms with van der Waals surface area (Å²) in [6.07, 6.45) is 1.88. The molecule has 1 aromatic heterocycles. The van der Waals surface area contributed by atoms with E-state index in [0.717, 1.165) is 37.6 Å². The molecule has 0 saturated carbocycles. The lowest BCUT2D eigenvalue weighted by atomic mass is 10.3. The Balaban J connectivity index is 2.37. The summed E-state index contributed by atoms with van der Waals surface area (Å²) in [4.78, 5) is 10.9. The van der Waals surface area contributed by atoms with Crippen LogP contribution >= 0.6 is 0 Å². The van der Waals surface area contributed by atoms with Gasteiger partial charge in [-0.1, -0.05) is 6.92 Å². The lowest BCUT2D eigenvalue weighted by Crippen LogP contribution is -2.28. The van der Waals surface area contributed by atoms with Crippen LogP contribution in [0, 0.1) is 0 Å². The van der Waals surface area contributed by atoms with Crippen molar-refractivity contribution < 1.29 is 0 Å². The third-order valence-corrected chi connectivity index (χ3v) is 2.98. The Morgan fingerprint density at radius 1 is 1.39 bits per heavy atom. The van der Waals surface area contributed by atoms with E-state index in [1.54, 1.807) is 6.07 Å². The van der Waals surface area contributed by atoms with Crippen LogP contribution in [0.2, 0.25) is 0 Å². The van der Waals surface area contributed by atoms with E-state index in [2.05, 4.69) is 41.1 Å². The smallest absolute Gasteiger partial charge is 0.132 e. The van der Waals surface area contributed by atoms with Crippen molar-refractivity contribution >= 4 is 11.6 Å². The minimum atomic E-state index is 0.531. The molecule has 18 heavy (non-hydrogen) atoms. The van der Waals surface area contributed by atoms with Crippen LogP contribution in [0.15, 0.2) is 6.07 Å². The molecule has 5 nitrogen and oxygen atoms in total. The molecule has 1 aromatic rings. The first-order valence-corrected chi connectivity index (χ1v) is 6.60. The minimum Gasteiger partial charge on any atom is -0.384 e. The van der Waals surface area contributed by atoms with E-state index in [0.29, 0.717) is 11.9 Å². The number of nitrogens with two attached hydrogens (primary N) is 1. The Morgan fingerprint density at radius 3 is 2.72 bits per heavy atom. The zero-order chi connectivity index (χ0) is 13.5. The molecule has 0 fully saturated rings. The summed E-state index contributed by atoms with van der Waals surface area (Å²) in [5.41, 5.74) is 5.73. The molecule has 0 spiro atoms. The number of nitrogen functional groups attached to an aromatic ring is 1. The maximum absolute atomic E-state index is 5.73. The van der Waals surface area contributed by atoms with E-state index in [-0.39, 0.29) is 0 Å². The van der Waals surface area contributed by atoms with Gasteiger partial charge in [0, 0.05) is 25.1 Å². The Hall–Kier alpha value is -1.36. The second-order valence-corrected chi connectivity index (χ2v) is 4.80. The van der Waals surface area contributed by atoms with Gasteiger partial charge < -0.3 is 16.0 Å². The van der Waals surface area contributed by atoms with Crippen LogP contribution < -0.4 is 11.1 Å². The molecule has 0 atom stereocenters. The summed E-state index contributed by atoms with van der Waals surface area (Å²) in [6, 6.07) is 2.37. The second kappa shape index (κ2) is 7.16. The van der Waals surface area contributed by atoms with Crippen molar-refractivity contribution in [3.63, 3.8) is 0 Å². The Kier molecular flexibility index (Phi) is 5.85. The summed E-state index contributed by atoms with van der Waals surface area (Å²) in [5, 5.41) is 3.30. The van der Waals surface area contributed by atoms with E-state index in [4.69, 9.17) is 5.73 Å². The van der Waals surface area contributed by atoms with Gasteiger partial charge in [0.25, 0.3) is 0 Å². The van der Waals surface area contributed by atoms with Crippen LogP contribution in [0.5, 0.6) is 0 Å². The standard InChI is InChI=1S/C13H25N5/c1-5-12-16-11(14)9-13(17-12)15-7-6-8-18(4)10(2)3/h9-10H,5-8H2,1-4H3,(H3,14,15,16,17). The van der Waals surface area contributed by atoms with Crippen molar-refractivity contribution in [1.29, 1.82) is 0 Å². The number of nitrogens with zero attached hydrogens (tertiary/aromatic N) is 3. The number of anilines is 2. The number of aryl methyl sites for hydroxylation is 1. The maximum atomic E-state index is 5.73. The lowest BCUT2D eigenvalue weighted by molar-refractivity contribution is 0.273. The van der Waals surface area contributed by atoms with Gasteiger partial charge in [-0.3, -0.25) is 0 Å². The number of nitrogens with one attached hydrogen (secondary N) is 1. The molecule has 1 rings (SSSR count). The van der Waals surface area contributed by atoms with Crippen molar-refractivity contribution in [2.45, 2.75) is 39.7 Å². The largest absolute Gasteiger partial charge is 0.384 e. The molecule has 0 bridgehead atoms. The zero-order valence-corrected chi connectivity index (χ0v) is 11.9. The first-order chi connectivity index (χ1) is 8.52. The highest BCUT2D eigenvalue weighted by Crippen LogP contribution is 2.08. The fourth-order valence-corrected chi connectivity index (χ4v) is 1.57. The summed E-state index contributed by atoms with van der Waals surface area (Å²) in [6.45, 7) is 8.40. The molecule has 0 amide bonds. The van der Waals surface area contributed by atoms with Crippen molar-refractivity contribution in [3.05, 3.63) is 11.9 Å². The van der Waals surface area contributed by atoms with Crippen LogP contribution in [0.1, 0.15) is 33.0 Å². The van der Waals surface area contributed by atoms with Crippen molar-refractivity contribution in [2.75, 3.05) is 31.2 Å². The van der Waals surface area contributed by atoms with Gasteiger partial charge in [-0.05, 0) is 33.9 Å². The zero-order valence-electron chi connectivity index (χ0n) is 11.9. The van der Waals surface area contributed by atoms with Crippen molar-refractivity contribution in [3.8, 4) is 0 Å². The van der Waals surface area contributed by atoms with Gasteiger partial charge in [0.15, 0.2) is 0 Å². The summed E-state index contributed by atoms with van der Waals surface area (Å²) < 4.78 is 0. The molecule has 0 saturated heterocycles. The van der Waals surface area contributed by atoms with Gasteiger partial charge in [0.05, 0.1) is 0 Å². The lowest BCUT2D eigenvalue weighted by Gasteiger charge is -2.20. The molecule has 0 unspecified atom stereocenters.